The molecule has 0 saturated carbocycles. The van der Waals surface area contributed by atoms with E-state index in [1.54, 1.807) is 0 Å². The summed E-state index contributed by atoms with van der Waals surface area (Å²) in [6.07, 6.45) is 0.419. The summed E-state index contributed by atoms with van der Waals surface area (Å²) in [6.45, 7) is 6.97. The van der Waals surface area contributed by atoms with Crippen LogP contribution in [-0.2, 0) is 14.4 Å². The Hall–Kier alpha value is -1.63. The fourth-order valence-corrected chi connectivity index (χ4v) is 1.56. The molecule has 0 heterocycles. The predicted octanol–water partition coefficient (Wildman–Crippen LogP) is -0.299. The van der Waals surface area contributed by atoms with Crippen LogP contribution in [-0.4, -0.2) is 41.5 Å². The molecule has 0 aliphatic carbocycles. The van der Waals surface area contributed by atoms with Crippen molar-refractivity contribution in [2.75, 3.05) is 6.54 Å². The van der Waals surface area contributed by atoms with Gasteiger partial charge in [-0.3, -0.25) is 14.4 Å². The van der Waals surface area contributed by atoms with Crippen LogP contribution in [0, 0.1) is 11.8 Å². The number of aliphatic carboxylic acids is 1. The first-order valence-corrected chi connectivity index (χ1v) is 6.70. The molecule has 0 spiro atoms. The summed E-state index contributed by atoms with van der Waals surface area (Å²) >= 11 is 0. The zero-order valence-electron chi connectivity index (χ0n) is 12.5. The van der Waals surface area contributed by atoms with E-state index in [2.05, 4.69) is 10.6 Å². The van der Waals surface area contributed by atoms with Gasteiger partial charge in [0.1, 0.15) is 12.6 Å². The molecule has 7 nitrogen and oxygen atoms in total. The molecule has 116 valence electrons. The molecule has 0 bridgehead atoms. The number of nitrogens with one attached hydrogen (secondary N) is 2. The van der Waals surface area contributed by atoms with E-state index in [0.29, 0.717) is 6.42 Å². The highest BCUT2D eigenvalue weighted by molar-refractivity contribution is 5.91. The van der Waals surface area contributed by atoms with E-state index in [9.17, 15) is 14.4 Å². The zero-order valence-corrected chi connectivity index (χ0v) is 12.5. The highest BCUT2D eigenvalue weighted by Gasteiger charge is 2.25. The third kappa shape index (κ3) is 7.08. The standard InChI is InChI=1S/C13H25N3O4/c1-7(2)5-9(12(19)15-6-10(17)18)16-13(20)11(14)8(3)4/h7-9,11H,5-6,14H2,1-4H3,(H,15,19)(H,16,20)(H,17,18)/t9-,11?/m1/s1. The minimum absolute atomic E-state index is 0.0446. The van der Waals surface area contributed by atoms with Gasteiger partial charge >= 0.3 is 5.97 Å². The number of carbonyl (C=O) groups excluding carboxylic acids is 2. The van der Waals surface area contributed by atoms with Gasteiger partial charge in [-0.2, -0.15) is 0 Å². The highest BCUT2D eigenvalue weighted by Crippen LogP contribution is 2.06. The quantitative estimate of drug-likeness (QED) is 0.488. The fraction of sp³-hybridized carbons (Fsp3) is 0.769. The zero-order chi connectivity index (χ0) is 15.9. The molecular formula is C13H25N3O4. The summed E-state index contributed by atoms with van der Waals surface area (Å²) in [4.78, 5) is 34.2. The van der Waals surface area contributed by atoms with Crippen molar-refractivity contribution in [3.63, 3.8) is 0 Å². The first kappa shape index (κ1) is 18.4. The summed E-state index contributed by atoms with van der Waals surface area (Å²) in [5.41, 5.74) is 5.72. The lowest BCUT2D eigenvalue weighted by Gasteiger charge is -2.23. The van der Waals surface area contributed by atoms with Crippen LogP contribution in [0.5, 0.6) is 0 Å². The van der Waals surface area contributed by atoms with E-state index in [-0.39, 0.29) is 11.8 Å². The number of nitrogens with two attached hydrogens (primary N) is 1. The third-order valence-electron chi connectivity index (χ3n) is 2.77. The van der Waals surface area contributed by atoms with Gasteiger partial charge in [0.25, 0.3) is 0 Å². The van der Waals surface area contributed by atoms with E-state index in [1.807, 2.05) is 27.7 Å². The molecule has 2 amide bonds. The van der Waals surface area contributed by atoms with E-state index in [4.69, 9.17) is 10.8 Å². The second-order valence-electron chi connectivity index (χ2n) is 5.57. The van der Waals surface area contributed by atoms with Crippen LogP contribution in [0.25, 0.3) is 0 Å². The van der Waals surface area contributed by atoms with Crippen molar-refractivity contribution < 1.29 is 19.5 Å². The Morgan fingerprint density at radius 3 is 2.05 bits per heavy atom. The molecule has 0 aromatic rings. The molecular weight excluding hydrogens is 262 g/mol. The van der Waals surface area contributed by atoms with E-state index >= 15 is 0 Å². The van der Waals surface area contributed by atoms with Gasteiger partial charge in [0.2, 0.25) is 11.8 Å². The van der Waals surface area contributed by atoms with E-state index in [0.717, 1.165) is 0 Å². The Morgan fingerprint density at radius 1 is 1.10 bits per heavy atom. The Bertz CT molecular complexity index is 356. The van der Waals surface area contributed by atoms with Crippen LogP contribution in [0.15, 0.2) is 0 Å². The van der Waals surface area contributed by atoms with Crippen LogP contribution in [0.4, 0.5) is 0 Å². The van der Waals surface area contributed by atoms with Gasteiger partial charge < -0.3 is 21.5 Å². The average Bonchev–Trinajstić information content (AvgIpc) is 2.33. The molecule has 0 aromatic carbocycles. The topological polar surface area (TPSA) is 122 Å². The molecule has 5 N–H and O–H groups in total. The maximum absolute atomic E-state index is 11.9. The van der Waals surface area contributed by atoms with E-state index < -0.39 is 36.4 Å². The van der Waals surface area contributed by atoms with Crippen molar-refractivity contribution in [2.24, 2.45) is 17.6 Å². The Kier molecular flexibility index (Phi) is 7.83. The number of hydrogen-bond acceptors (Lipinski definition) is 4. The minimum atomic E-state index is -1.13. The van der Waals surface area contributed by atoms with Gasteiger partial charge in [-0.25, -0.2) is 0 Å². The lowest BCUT2D eigenvalue weighted by atomic mass is 10.0. The van der Waals surface area contributed by atoms with Crippen molar-refractivity contribution in [1.29, 1.82) is 0 Å². The van der Waals surface area contributed by atoms with Gasteiger partial charge in [-0.1, -0.05) is 27.7 Å². The number of carboxylic acids is 1. The molecule has 0 rings (SSSR count). The monoisotopic (exact) mass is 287 g/mol. The summed E-state index contributed by atoms with van der Waals surface area (Å²) in [5, 5.41) is 13.4. The maximum atomic E-state index is 11.9. The van der Waals surface area contributed by atoms with Crippen molar-refractivity contribution in [2.45, 2.75) is 46.2 Å². The van der Waals surface area contributed by atoms with Gasteiger partial charge in [0.15, 0.2) is 0 Å². The fourth-order valence-electron chi connectivity index (χ4n) is 1.56. The lowest BCUT2D eigenvalue weighted by Crippen LogP contribution is -2.53. The number of rotatable bonds is 8. The first-order chi connectivity index (χ1) is 9.15. The Balaban J connectivity index is 4.67. The van der Waals surface area contributed by atoms with Crippen molar-refractivity contribution in [3.8, 4) is 0 Å². The summed E-state index contributed by atoms with van der Waals surface area (Å²) in [7, 11) is 0. The molecule has 0 fully saturated rings. The molecule has 0 aromatic heterocycles. The second-order valence-corrected chi connectivity index (χ2v) is 5.57. The molecule has 1 unspecified atom stereocenters. The van der Waals surface area contributed by atoms with Crippen LogP contribution < -0.4 is 16.4 Å². The molecule has 2 atom stereocenters. The molecule has 0 aliphatic heterocycles. The van der Waals surface area contributed by atoms with Crippen molar-refractivity contribution >= 4 is 17.8 Å². The molecule has 20 heavy (non-hydrogen) atoms. The molecule has 0 aliphatic rings. The normalized spacial score (nSPS) is 13.9. The van der Waals surface area contributed by atoms with Gasteiger partial charge in [-0.05, 0) is 18.3 Å². The summed E-state index contributed by atoms with van der Waals surface area (Å²) < 4.78 is 0. The van der Waals surface area contributed by atoms with Gasteiger partial charge in [0.05, 0.1) is 6.04 Å². The van der Waals surface area contributed by atoms with Crippen LogP contribution in [0.2, 0.25) is 0 Å². The van der Waals surface area contributed by atoms with Crippen molar-refractivity contribution in [1.82, 2.24) is 10.6 Å². The predicted molar refractivity (Wildman–Crippen MR) is 74.8 cm³/mol. The van der Waals surface area contributed by atoms with Gasteiger partial charge in [0, 0.05) is 0 Å². The van der Waals surface area contributed by atoms with E-state index in [1.165, 1.54) is 0 Å². The van der Waals surface area contributed by atoms with Crippen molar-refractivity contribution in [3.05, 3.63) is 0 Å². The highest BCUT2D eigenvalue weighted by atomic mass is 16.4. The SMILES string of the molecule is CC(C)C[C@@H](NC(=O)C(N)C(C)C)C(=O)NCC(=O)O. The maximum Gasteiger partial charge on any atom is 0.322 e. The Morgan fingerprint density at radius 2 is 1.65 bits per heavy atom. The Labute approximate surface area is 119 Å². The molecule has 0 saturated heterocycles. The third-order valence-corrected chi connectivity index (χ3v) is 2.77. The summed E-state index contributed by atoms with van der Waals surface area (Å²) in [6, 6.07) is -1.47. The van der Waals surface area contributed by atoms with Crippen LogP contribution in [0.3, 0.4) is 0 Å². The smallest absolute Gasteiger partial charge is 0.322 e. The second kappa shape index (κ2) is 8.52. The number of hydrogen-bond donors (Lipinski definition) is 4. The van der Waals surface area contributed by atoms with Crippen LogP contribution in [0.1, 0.15) is 34.1 Å². The average molecular weight is 287 g/mol. The lowest BCUT2D eigenvalue weighted by molar-refractivity contribution is -0.138. The molecule has 0 radical (unpaired) electrons. The first-order valence-electron chi connectivity index (χ1n) is 6.70. The van der Waals surface area contributed by atoms with Gasteiger partial charge in [-0.15, -0.1) is 0 Å². The summed E-state index contributed by atoms with van der Waals surface area (Å²) in [5.74, 6) is -1.92. The number of carbonyl (C=O) groups is 3. The number of amides is 2. The minimum Gasteiger partial charge on any atom is -0.480 e. The molecule has 7 heteroatoms. The van der Waals surface area contributed by atoms with Crippen LogP contribution >= 0.6 is 0 Å². The number of carboxylic acid groups (broad SMARTS) is 1. The largest absolute Gasteiger partial charge is 0.480 e.